The summed E-state index contributed by atoms with van der Waals surface area (Å²) >= 11 is 0. The van der Waals surface area contributed by atoms with Crippen LogP contribution in [0, 0.1) is 0 Å². The maximum absolute atomic E-state index is 12.9. The van der Waals surface area contributed by atoms with Gasteiger partial charge in [-0.2, -0.15) is 4.98 Å². The number of aliphatic hydroxyl groups excluding tert-OH is 2. The van der Waals surface area contributed by atoms with Crippen molar-refractivity contribution in [2.45, 2.75) is 88.9 Å². The van der Waals surface area contributed by atoms with Crippen molar-refractivity contribution < 1.29 is 34.0 Å². The molecule has 13 nitrogen and oxygen atoms in total. The van der Waals surface area contributed by atoms with Crippen LogP contribution in [-0.2, 0) is 20.9 Å². The Bertz CT molecular complexity index is 1150. The molecule has 0 spiro atoms. The number of aliphatic hydroxyl groups is 3. The SMILES string of the molecule is CCC(C)(CC1O[C@@H](n2cnc3c(=O)n(C)c(N)nc32)[C@H](O)[C@@H]1O)OP(=O)(O)C(O)(CC)CC. The highest BCUT2D eigenvalue weighted by Crippen LogP contribution is 2.60. The van der Waals surface area contributed by atoms with E-state index in [1.807, 2.05) is 0 Å². The summed E-state index contributed by atoms with van der Waals surface area (Å²) in [7, 11) is -3.02. The number of rotatable bonds is 9. The van der Waals surface area contributed by atoms with Gasteiger partial charge in [-0.1, -0.05) is 20.8 Å². The lowest BCUT2D eigenvalue weighted by Gasteiger charge is -2.38. The molecule has 1 aliphatic rings. The van der Waals surface area contributed by atoms with Gasteiger partial charge in [-0.15, -0.1) is 0 Å². The molecule has 0 aliphatic carbocycles. The zero-order valence-electron chi connectivity index (χ0n) is 20.0. The second-order valence-corrected chi connectivity index (χ2v) is 11.1. The Morgan fingerprint density at radius 2 is 1.85 bits per heavy atom. The molecule has 0 saturated carbocycles. The second kappa shape index (κ2) is 9.30. The molecular weight excluding hydrogens is 469 g/mol. The summed E-state index contributed by atoms with van der Waals surface area (Å²) in [6.07, 6.45) is -3.44. The molecule has 1 saturated heterocycles. The average Bonchev–Trinajstić information content (AvgIpc) is 3.32. The minimum absolute atomic E-state index is 0.0176. The predicted molar refractivity (Wildman–Crippen MR) is 123 cm³/mol. The molecule has 0 aromatic carbocycles. The second-order valence-electron chi connectivity index (χ2n) is 9.01. The van der Waals surface area contributed by atoms with Crippen LogP contribution in [0.5, 0.6) is 0 Å². The highest BCUT2D eigenvalue weighted by molar-refractivity contribution is 7.54. The standard InChI is InChI=1S/C20H34N5O8P/c1-6-19(4,33-34(30,31)20(29,7-2)8-3)9-11-13(26)14(27)17(32-11)25-10-22-12-15(25)23-18(21)24(5)16(12)28/h10-11,13-14,17,26-27,29H,6-9H2,1-5H3,(H2,21,23)(H,30,31)/t11?,13-,14-,17-,19?/m1/s1. The summed E-state index contributed by atoms with van der Waals surface area (Å²) in [4.78, 5) is 31.2. The minimum atomic E-state index is -4.48. The van der Waals surface area contributed by atoms with Gasteiger partial charge in [-0.3, -0.25) is 18.5 Å². The molecular formula is C20H34N5O8P. The van der Waals surface area contributed by atoms with Gasteiger partial charge in [0.2, 0.25) is 5.95 Å². The Morgan fingerprint density at radius 3 is 2.41 bits per heavy atom. The monoisotopic (exact) mass is 503 g/mol. The molecule has 3 rings (SSSR count). The van der Waals surface area contributed by atoms with Gasteiger partial charge in [0, 0.05) is 13.5 Å². The van der Waals surface area contributed by atoms with E-state index in [1.54, 1.807) is 27.7 Å². The van der Waals surface area contributed by atoms with Crippen LogP contribution < -0.4 is 11.3 Å². The lowest BCUT2D eigenvalue weighted by atomic mass is 9.93. The first-order valence-electron chi connectivity index (χ1n) is 11.2. The number of imidazole rings is 1. The first-order chi connectivity index (χ1) is 15.7. The summed E-state index contributed by atoms with van der Waals surface area (Å²) < 4.78 is 26.9. The number of fused-ring (bicyclic) bond motifs is 1. The van der Waals surface area contributed by atoms with Gasteiger partial charge < -0.3 is 35.2 Å². The molecule has 0 bridgehead atoms. The van der Waals surface area contributed by atoms with Gasteiger partial charge in [-0.05, 0) is 26.2 Å². The van der Waals surface area contributed by atoms with E-state index >= 15 is 0 Å². The third-order valence-corrected chi connectivity index (χ3v) is 9.21. The van der Waals surface area contributed by atoms with Crippen molar-refractivity contribution >= 4 is 24.7 Å². The minimum Gasteiger partial charge on any atom is -0.388 e. The Kier molecular flexibility index (Phi) is 7.32. The molecule has 0 amide bonds. The highest BCUT2D eigenvalue weighted by atomic mass is 31.2. The topological polar surface area (TPSA) is 195 Å². The number of hydrogen-bond acceptors (Lipinski definition) is 10. The highest BCUT2D eigenvalue weighted by Gasteiger charge is 2.51. The summed E-state index contributed by atoms with van der Waals surface area (Å²) in [6.45, 7) is 6.49. The van der Waals surface area contributed by atoms with Crippen LogP contribution in [0.25, 0.3) is 11.2 Å². The van der Waals surface area contributed by atoms with E-state index in [1.165, 1.54) is 17.9 Å². The van der Waals surface area contributed by atoms with Gasteiger partial charge in [-0.25, -0.2) is 4.98 Å². The van der Waals surface area contributed by atoms with Crippen molar-refractivity contribution in [1.82, 2.24) is 19.1 Å². The number of aromatic nitrogens is 4. The van der Waals surface area contributed by atoms with Crippen LogP contribution in [0.15, 0.2) is 11.1 Å². The lowest BCUT2D eigenvalue weighted by molar-refractivity contribution is -0.0696. The van der Waals surface area contributed by atoms with Crippen LogP contribution in [-0.4, -0.2) is 68.6 Å². The van der Waals surface area contributed by atoms with Crippen LogP contribution >= 0.6 is 7.60 Å². The number of nitrogens with zero attached hydrogens (tertiary/aromatic N) is 4. The zero-order valence-corrected chi connectivity index (χ0v) is 20.8. The third-order valence-electron chi connectivity index (χ3n) is 6.83. The fraction of sp³-hybridized carbons (Fsp3) is 0.750. The molecule has 1 aliphatic heterocycles. The van der Waals surface area contributed by atoms with Gasteiger partial charge >= 0.3 is 7.60 Å². The molecule has 1 fully saturated rings. The van der Waals surface area contributed by atoms with Crippen LogP contribution in [0.4, 0.5) is 5.95 Å². The summed E-state index contributed by atoms with van der Waals surface area (Å²) in [6, 6.07) is 0. The van der Waals surface area contributed by atoms with Crippen molar-refractivity contribution in [3.8, 4) is 0 Å². The molecule has 2 aromatic rings. The molecule has 2 aromatic heterocycles. The van der Waals surface area contributed by atoms with Crippen molar-refractivity contribution in [1.29, 1.82) is 0 Å². The molecule has 6 N–H and O–H groups in total. The number of nitrogen functional groups attached to an aromatic ring is 1. The van der Waals surface area contributed by atoms with Gasteiger partial charge in [0.1, 0.15) is 12.2 Å². The first kappa shape index (κ1) is 26.7. The summed E-state index contributed by atoms with van der Waals surface area (Å²) in [5.41, 5.74) is 4.16. The smallest absolute Gasteiger partial charge is 0.359 e. The third kappa shape index (κ3) is 4.41. The zero-order chi connectivity index (χ0) is 25.6. The fourth-order valence-corrected chi connectivity index (χ4v) is 5.85. The average molecular weight is 503 g/mol. The van der Waals surface area contributed by atoms with E-state index in [0.717, 1.165) is 4.57 Å². The van der Waals surface area contributed by atoms with Crippen LogP contribution in [0.3, 0.4) is 0 Å². The first-order valence-corrected chi connectivity index (χ1v) is 12.8. The maximum Gasteiger partial charge on any atom is 0.359 e. The van der Waals surface area contributed by atoms with E-state index in [-0.39, 0.29) is 42.8 Å². The Balaban J connectivity index is 1.88. The van der Waals surface area contributed by atoms with Crippen molar-refractivity contribution in [2.24, 2.45) is 7.05 Å². The van der Waals surface area contributed by atoms with E-state index in [9.17, 15) is 29.6 Å². The Morgan fingerprint density at radius 1 is 1.24 bits per heavy atom. The van der Waals surface area contributed by atoms with E-state index in [0.29, 0.717) is 0 Å². The van der Waals surface area contributed by atoms with Crippen LogP contribution in [0.1, 0.15) is 59.6 Å². The summed E-state index contributed by atoms with van der Waals surface area (Å²) in [5, 5.41) is 30.1. The number of hydrogen-bond donors (Lipinski definition) is 5. The van der Waals surface area contributed by atoms with Gasteiger partial charge in [0.25, 0.3) is 5.56 Å². The summed E-state index contributed by atoms with van der Waals surface area (Å²) in [5.74, 6) is -0.0613. The van der Waals surface area contributed by atoms with E-state index < -0.39 is 48.6 Å². The number of anilines is 1. The van der Waals surface area contributed by atoms with E-state index in [2.05, 4.69) is 9.97 Å². The molecule has 3 heterocycles. The Labute approximate surface area is 196 Å². The number of ether oxygens (including phenoxy) is 1. The van der Waals surface area contributed by atoms with Gasteiger partial charge in [0.05, 0.1) is 18.0 Å². The molecule has 0 radical (unpaired) electrons. The quantitative estimate of drug-likeness (QED) is 0.301. The normalized spacial score (nSPS) is 27.1. The van der Waals surface area contributed by atoms with Crippen molar-refractivity contribution in [2.75, 3.05) is 5.73 Å². The molecule has 3 unspecified atom stereocenters. The Hall–Kier alpha value is -1.86. The van der Waals surface area contributed by atoms with E-state index in [4.69, 9.17) is 15.0 Å². The largest absolute Gasteiger partial charge is 0.388 e. The van der Waals surface area contributed by atoms with Crippen molar-refractivity contribution in [3.63, 3.8) is 0 Å². The van der Waals surface area contributed by atoms with Crippen LogP contribution in [0.2, 0.25) is 0 Å². The molecule has 14 heteroatoms. The molecule has 6 atom stereocenters. The fourth-order valence-electron chi connectivity index (χ4n) is 4.08. The maximum atomic E-state index is 12.9. The predicted octanol–water partition coefficient (Wildman–Crippen LogP) is 0.601. The van der Waals surface area contributed by atoms with Gasteiger partial charge in [0.15, 0.2) is 22.7 Å². The lowest BCUT2D eigenvalue weighted by Crippen LogP contribution is -2.40. The number of nitrogens with two attached hydrogens (primary N) is 1. The molecule has 192 valence electrons. The molecule has 34 heavy (non-hydrogen) atoms. The van der Waals surface area contributed by atoms with Crippen molar-refractivity contribution in [3.05, 3.63) is 16.7 Å².